The molecule has 0 aromatic heterocycles. The third-order valence-electron chi connectivity index (χ3n) is 2.64. The fraction of sp³-hybridized carbons (Fsp3) is 0.923. The molecule has 0 fully saturated rings. The summed E-state index contributed by atoms with van der Waals surface area (Å²) in [6.07, 6.45) is 0.759. The van der Waals surface area contributed by atoms with E-state index in [-0.39, 0.29) is 12.0 Å². The van der Waals surface area contributed by atoms with Crippen molar-refractivity contribution < 1.29 is 14.3 Å². The van der Waals surface area contributed by atoms with Crippen LogP contribution >= 0.6 is 0 Å². The molecule has 0 bridgehead atoms. The molecule has 18 heavy (non-hydrogen) atoms. The minimum atomic E-state index is -0.204. The van der Waals surface area contributed by atoms with E-state index in [1.54, 1.807) is 0 Å². The summed E-state index contributed by atoms with van der Waals surface area (Å²) in [4.78, 5) is 13.8. The maximum absolute atomic E-state index is 11.7. The van der Waals surface area contributed by atoms with Gasteiger partial charge in [-0.1, -0.05) is 6.92 Å². The molecule has 0 heterocycles. The van der Waals surface area contributed by atoms with E-state index in [1.165, 1.54) is 0 Å². The van der Waals surface area contributed by atoms with E-state index in [9.17, 15) is 4.79 Å². The minimum absolute atomic E-state index is 0.155. The van der Waals surface area contributed by atoms with E-state index in [0.717, 1.165) is 39.3 Å². The fourth-order valence-corrected chi connectivity index (χ4v) is 1.62. The molecule has 0 saturated heterocycles. The van der Waals surface area contributed by atoms with Crippen LogP contribution in [0.1, 0.15) is 27.2 Å². The van der Waals surface area contributed by atoms with Gasteiger partial charge in [0.2, 0.25) is 0 Å². The molecule has 5 nitrogen and oxygen atoms in total. The van der Waals surface area contributed by atoms with Gasteiger partial charge in [0.05, 0.1) is 13.2 Å². The fourth-order valence-electron chi connectivity index (χ4n) is 1.62. The van der Waals surface area contributed by atoms with Crippen molar-refractivity contribution in [2.75, 3.05) is 46.5 Å². The molecule has 0 aromatic rings. The number of ether oxygens (including phenoxy) is 2. The van der Waals surface area contributed by atoms with Crippen LogP contribution in [0.15, 0.2) is 0 Å². The first-order valence-electron chi connectivity index (χ1n) is 6.81. The number of hydrogen-bond donors (Lipinski definition) is 1. The predicted molar refractivity (Wildman–Crippen MR) is 72.7 cm³/mol. The third-order valence-corrected chi connectivity index (χ3v) is 2.64. The summed E-state index contributed by atoms with van der Waals surface area (Å²) in [5.74, 6) is -0.155. The summed E-state index contributed by atoms with van der Waals surface area (Å²) in [5.41, 5.74) is 0. The number of esters is 1. The Bertz CT molecular complexity index is 212. The van der Waals surface area contributed by atoms with Gasteiger partial charge in [-0.15, -0.1) is 0 Å². The minimum Gasteiger partial charge on any atom is -0.465 e. The normalized spacial score (nSPS) is 12.7. The predicted octanol–water partition coefficient (Wildman–Crippen LogP) is 0.886. The molecule has 1 atom stereocenters. The molecule has 1 N–H and O–H groups in total. The highest BCUT2D eigenvalue weighted by Gasteiger charge is 2.18. The van der Waals surface area contributed by atoms with E-state index in [4.69, 9.17) is 9.47 Å². The first-order valence-corrected chi connectivity index (χ1v) is 6.81. The zero-order valence-electron chi connectivity index (χ0n) is 12.2. The third kappa shape index (κ3) is 8.44. The molecule has 0 aliphatic carbocycles. The number of rotatable bonds is 11. The summed E-state index contributed by atoms with van der Waals surface area (Å²) < 4.78 is 10.3. The Morgan fingerprint density at radius 3 is 2.50 bits per heavy atom. The van der Waals surface area contributed by atoms with Crippen LogP contribution in [0.4, 0.5) is 0 Å². The Labute approximate surface area is 111 Å². The van der Waals surface area contributed by atoms with Crippen molar-refractivity contribution in [3.05, 3.63) is 0 Å². The van der Waals surface area contributed by atoms with E-state index in [2.05, 4.69) is 10.2 Å². The van der Waals surface area contributed by atoms with Crippen LogP contribution in [0.2, 0.25) is 0 Å². The first-order chi connectivity index (χ1) is 8.65. The smallest absolute Gasteiger partial charge is 0.323 e. The summed E-state index contributed by atoms with van der Waals surface area (Å²) in [5, 5.41) is 3.16. The molecule has 0 aromatic carbocycles. The van der Waals surface area contributed by atoms with Gasteiger partial charge in [0.15, 0.2) is 0 Å². The number of nitrogens with one attached hydrogen (secondary N) is 1. The number of carbonyl (C=O) groups is 1. The van der Waals surface area contributed by atoms with Gasteiger partial charge in [-0.05, 0) is 40.4 Å². The van der Waals surface area contributed by atoms with Crippen LogP contribution in [-0.4, -0.2) is 63.4 Å². The highest BCUT2D eigenvalue weighted by Crippen LogP contribution is 1.98. The molecule has 108 valence electrons. The first kappa shape index (κ1) is 17.4. The maximum atomic E-state index is 11.7. The Kier molecular flexibility index (Phi) is 11.0. The van der Waals surface area contributed by atoms with Crippen molar-refractivity contribution >= 4 is 5.97 Å². The summed E-state index contributed by atoms with van der Waals surface area (Å²) in [7, 11) is 2.03. The zero-order chi connectivity index (χ0) is 13.8. The number of nitrogens with zero attached hydrogens (tertiary/aromatic N) is 1. The molecule has 0 saturated carbocycles. The standard InChI is InChI=1S/C13H28N2O3/c1-5-14-12(13(16)18-7-3)8-9-15(4)10-11-17-6-2/h12,14H,5-11H2,1-4H3. The Morgan fingerprint density at radius 1 is 1.22 bits per heavy atom. The SMILES string of the molecule is CCNC(CCN(C)CCOCC)C(=O)OCC. The second-order valence-corrected chi connectivity index (χ2v) is 4.15. The van der Waals surface area contributed by atoms with Crippen molar-refractivity contribution in [1.29, 1.82) is 0 Å². The lowest BCUT2D eigenvalue weighted by Crippen LogP contribution is -2.40. The number of hydrogen-bond acceptors (Lipinski definition) is 5. The van der Waals surface area contributed by atoms with Crippen molar-refractivity contribution in [1.82, 2.24) is 10.2 Å². The van der Waals surface area contributed by atoms with Crippen molar-refractivity contribution in [3.8, 4) is 0 Å². The molecular weight excluding hydrogens is 232 g/mol. The van der Waals surface area contributed by atoms with Crippen LogP contribution in [0, 0.1) is 0 Å². The van der Waals surface area contributed by atoms with Gasteiger partial charge in [0.25, 0.3) is 0 Å². The van der Waals surface area contributed by atoms with Gasteiger partial charge in [0.1, 0.15) is 6.04 Å². The van der Waals surface area contributed by atoms with Gasteiger partial charge in [-0.2, -0.15) is 0 Å². The lowest BCUT2D eigenvalue weighted by Gasteiger charge is -2.21. The molecule has 0 spiro atoms. The van der Waals surface area contributed by atoms with E-state index in [1.807, 2.05) is 27.8 Å². The van der Waals surface area contributed by atoms with Gasteiger partial charge in [-0.25, -0.2) is 0 Å². The molecule has 0 amide bonds. The molecule has 0 rings (SSSR count). The Morgan fingerprint density at radius 2 is 1.94 bits per heavy atom. The number of carbonyl (C=O) groups excluding carboxylic acids is 1. The Hall–Kier alpha value is -0.650. The maximum Gasteiger partial charge on any atom is 0.323 e. The molecule has 0 aliphatic rings. The lowest BCUT2D eigenvalue weighted by molar-refractivity contribution is -0.145. The average molecular weight is 260 g/mol. The highest BCUT2D eigenvalue weighted by molar-refractivity contribution is 5.75. The molecule has 0 aliphatic heterocycles. The van der Waals surface area contributed by atoms with E-state index < -0.39 is 0 Å². The van der Waals surface area contributed by atoms with Crippen LogP contribution < -0.4 is 5.32 Å². The van der Waals surface area contributed by atoms with Crippen molar-refractivity contribution in [3.63, 3.8) is 0 Å². The largest absolute Gasteiger partial charge is 0.465 e. The Balaban J connectivity index is 3.90. The lowest BCUT2D eigenvalue weighted by atomic mass is 10.2. The summed E-state index contributed by atoms with van der Waals surface area (Å²) in [6, 6.07) is -0.204. The van der Waals surface area contributed by atoms with Gasteiger partial charge in [-0.3, -0.25) is 4.79 Å². The summed E-state index contributed by atoms with van der Waals surface area (Å²) in [6.45, 7) is 10.2. The van der Waals surface area contributed by atoms with Gasteiger partial charge in [0, 0.05) is 13.2 Å². The van der Waals surface area contributed by atoms with E-state index in [0.29, 0.717) is 6.61 Å². The van der Waals surface area contributed by atoms with Gasteiger partial charge >= 0.3 is 5.97 Å². The van der Waals surface area contributed by atoms with Crippen LogP contribution in [0.3, 0.4) is 0 Å². The second kappa shape index (κ2) is 11.4. The van der Waals surface area contributed by atoms with Crippen molar-refractivity contribution in [2.24, 2.45) is 0 Å². The molecule has 0 radical (unpaired) electrons. The molecular formula is C13H28N2O3. The van der Waals surface area contributed by atoms with Crippen LogP contribution in [0.5, 0.6) is 0 Å². The second-order valence-electron chi connectivity index (χ2n) is 4.15. The van der Waals surface area contributed by atoms with E-state index >= 15 is 0 Å². The van der Waals surface area contributed by atoms with Gasteiger partial charge < -0.3 is 19.7 Å². The summed E-state index contributed by atoms with van der Waals surface area (Å²) >= 11 is 0. The van der Waals surface area contributed by atoms with Crippen molar-refractivity contribution in [2.45, 2.75) is 33.2 Å². The zero-order valence-corrected chi connectivity index (χ0v) is 12.2. The number of likely N-dealkylation sites (N-methyl/N-ethyl adjacent to an activating group) is 2. The van der Waals surface area contributed by atoms with Crippen LogP contribution in [0.25, 0.3) is 0 Å². The molecule has 5 heteroatoms. The topological polar surface area (TPSA) is 50.8 Å². The van der Waals surface area contributed by atoms with Crippen LogP contribution in [-0.2, 0) is 14.3 Å². The monoisotopic (exact) mass is 260 g/mol. The average Bonchev–Trinajstić information content (AvgIpc) is 2.35. The highest BCUT2D eigenvalue weighted by atomic mass is 16.5. The molecule has 1 unspecified atom stereocenters. The quantitative estimate of drug-likeness (QED) is 0.441.